The van der Waals surface area contributed by atoms with Crippen LogP contribution in [0.3, 0.4) is 0 Å². The minimum Gasteiger partial charge on any atom is -0.465 e. The lowest BCUT2D eigenvalue weighted by Gasteiger charge is -2.42. The van der Waals surface area contributed by atoms with Crippen LogP contribution in [0.25, 0.3) is 0 Å². The second kappa shape index (κ2) is 6.90. The largest absolute Gasteiger partial charge is 0.465 e. The summed E-state index contributed by atoms with van der Waals surface area (Å²) in [7, 11) is 0. The highest BCUT2D eigenvalue weighted by atomic mass is 32.2. The first kappa shape index (κ1) is 19.0. The fourth-order valence-corrected chi connectivity index (χ4v) is 6.38. The number of benzene rings is 1. The maximum absolute atomic E-state index is 13.1. The number of thiocarbonyl (C=S) groups is 1. The van der Waals surface area contributed by atoms with E-state index in [1.807, 2.05) is 35.7 Å². The van der Waals surface area contributed by atoms with Gasteiger partial charge in [0, 0.05) is 4.90 Å². The fraction of sp³-hybridized carbons (Fsp3) is 0.524. The number of hydrogen-bond donors (Lipinski definition) is 1. The Bertz CT molecular complexity index is 779. The Morgan fingerprint density at radius 1 is 1.44 bits per heavy atom. The summed E-state index contributed by atoms with van der Waals surface area (Å²) in [5.41, 5.74) is -0.355. The van der Waals surface area contributed by atoms with Gasteiger partial charge < -0.3 is 9.84 Å². The topological polar surface area (TPSA) is 49.8 Å². The molecule has 144 valence electrons. The Balaban J connectivity index is 1.44. The molecule has 0 aromatic heterocycles. The molecule has 1 N–H and O–H groups in total. The van der Waals surface area contributed by atoms with Crippen LogP contribution in [0.5, 0.6) is 0 Å². The van der Waals surface area contributed by atoms with Gasteiger partial charge in [-0.3, -0.25) is 9.69 Å². The molecule has 1 spiro atoms. The van der Waals surface area contributed by atoms with Gasteiger partial charge in [0.05, 0.1) is 18.1 Å². The van der Waals surface area contributed by atoms with Crippen LogP contribution in [0.2, 0.25) is 0 Å². The molecule has 1 aromatic rings. The molecule has 4 rings (SSSR count). The van der Waals surface area contributed by atoms with E-state index < -0.39 is 6.10 Å². The number of aliphatic hydroxyl groups excluding tert-OH is 1. The highest BCUT2D eigenvalue weighted by Gasteiger charge is 2.72. The summed E-state index contributed by atoms with van der Waals surface area (Å²) in [6.45, 7) is 4.46. The van der Waals surface area contributed by atoms with Gasteiger partial charge in [-0.05, 0) is 66.4 Å². The summed E-state index contributed by atoms with van der Waals surface area (Å²) in [6, 6.07) is 9.92. The molecule has 27 heavy (non-hydrogen) atoms. The Kier molecular flexibility index (Phi) is 4.85. The number of rotatable bonds is 5. The first-order valence-corrected chi connectivity index (χ1v) is 10.7. The van der Waals surface area contributed by atoms with Crippen molar-refractivity contribution in [3.05, 3.63) is 41.8 Å². The molecule has 1 heterocycles. The zero-order valence-electron chi connectivity index (χ0n) is 15.6. The minimum atomic E-state index is -0.839. The first-order chi connectivity index (χ1) is 12.9. The number of aliphatic hydroxyl groups is 1. The number of ether oxygens (including phenoxy) is 1. The van der Waals surface area contributed by atoms with Gasteiger partial charge in [0.25, 0.3) is 5.17 Å². The van der Waals surface area contributed by atoms with Crippen LogP contribution in [0.15, 0.2) is 46.7 Å². The van der Waals surface area contributed by atoms with Crippen molar-refractivity contribution in [1.82, 2.24) is 4.90 Å². The molecule has 2 bridgehead atoms. The van der Waals surface area contributed by atoms with E-state index in [0.717, 1.165) is 24.2 Å². The predicted octanol–water partition coefficient (Wildman–Crippen LogP) is 4.13. The second-order valence-electron chi connectivity index (χ2n) is 8.25. The average Bonchev–Trinajstić information content (AvgIpc) is 3.14. The van der Waals surface area contributed by atoms with E-state index >= 15 is 0 Å². The summed E-state index contributed by atoms with van der Waals surface area (Å²) in [4.78, 5) is 15.9. The van der Waals surface area contributed by atoms with E-state index in [4.69, 9.17) is 17.0 Å². The summed E-state index contributed by atoms with van der Waals surface area (Å²) >= 11 is 6.93. The monoisotopic (exact) mass is 403 g/mol. The Hall–Kier alpha value is -1.37. The van der Waals surface area contributed by atoms with Crippen molar-refractivity contribution in [2.75, 3.05) is 0 Å². The average molecular weight is 404 g/mol. The van der Waals surface area contributed by atoms with Gasteiger partial charge in [-0.15, -0.1) is 0 Å². The van der Waals surface area contributed by atoms with E-state index in [2.05, 4.69) is 13.8 Å². The highest BCUT2D eigenvalue weighted by molar-refractivity contribution is 8.02. The van der Waals surface area contributed by atoms with Crippen molar-refractivity contribution >= 4 is 35.1 Å². The summed E-state index contributed by atoms with van der Waals surface area (Å²) in [6.07, 6.45) is 3.85. The molecule has 6 heteroatoms. The van der Waals surface area contributed by atoms with Crippen molar-refractivity contribution < 1.29 is 14.6 Å². The standard InChI is InChI=1S/C21H25NO3S2/c1-20(2)14-8-10-21(20)17(12-14)25-19(26)22(21)18(24)13-15(23)9-11-27-16-6-4-3-5-7-16/h3-7,9,11,14-15,17,23H,8,10,12-13H2,1-2H3/b11-9+/t14-,15+,17-,21+/m1/s1. The quantitative estimate of drug-likeness (QED) is 0.592. The van der Waals surface area contributed by atoms with E-state index in [-0.39, 0.29) is 34.6 Å². The van der Waals surface area contributed by atoms with Crippen molar-refractivity contribution in [3.63, 3.8) is 0 Å². The third-order valence-corrected chi connectivity index (χ3v) is 7.86. The second-order valence-corrected chi connectivity index (χ2v) is 9.58. The zero-order chi connectivity index (χ0) is 19.2. The molecular weight excluding hydrogens is 378 g/mol. The number of nitrogens with zero attached hydrogens (tertiary/aromatic N) is 1. The molecule has 1 aliphatic heterocycles. The first-order valence-electron chi connectivity index (χ1n) is 9.46. The number of carbonyl (C=O) groups is 1. The molecule has 0 radical (unpaired) electrons. The lowest BCUT2D eigenvalue weighted by molar-refractivity contribution is -0.135. The van der Waals surface area contributed by atoms with E-state index in [1.54, 1.807) is 11.0 Å². The van der Waals surface area contributed by atoms with Gasteiger partial charge in [-0.25, -0.2) is 0 Å². The van der Waals surface area contributed by atoms with Crippen LogP contribution in [0, 0.1) is 11.3 Å². The highest BCUT2D eigenvalue weighted by Crippen LogP contribution is 2.65. The summed E-state index contributed by atoms with van der Waals surface area (Å²) in [5, 5.41) is 12.5. The normalized spacial score (nSPS) is 32.0. The third-order valence-electron chi connectivity index (χ3n) is 6.75. The zero-order valence-corrected chi connectivity index (χ0v) is 17.3. The van der Waals surface area contributed by atoms with E-state index in [0.29, 0.717) is 5.92 Å². The molecule has 1 aromatic carbocycles. The van der Waals surface area contributed by atoms with Crippen LogP contribution in [0.1, 0.15) is 39.5 Å². The lowest BCUT2D eigenvalue weighted by atomic mass is 9.74. The molecule has 1 saturated heterocycles. The van der Waals surface area contributed by atoms with Gasteiger partial charge in [0.1, 0.15) is 6.10 Å². The minimum absolute atomic E-state index is 0.00372. The molecule has 4 atom stereocenters. The molecule has 0 unspecified atom stereocenters. The van der Waals surface area contributed by atoms with Gasteiger partial charge in [-0.1, -0.05) is 43.8 Å². The number of fused-ring (bicyclic) bond motifs is 1. The molecule has 3 aliphatic rings. The summed E-state index contributed by atoms with van der Waals surface area (Å²) < 4.78 is 5.93. The summed E-state index contributed by atoms with van der Waals surface area (Å²) in [5.74, 6) is 0.424. The molecule has 1 amide bonds. The van der Waals surface area contributed by atoms with Crippen LogP contribution in [-0.2, 0) is 9.53 Å². The van der Waals surface area contributed by atoms with Crippen molar-refractivity contribution in [2.45, 2.75) is 62.2 Å². The Labute approximate surface area is 170 Å². The molecule has 3 fully saturated rings. The number of thioether (sulfide) groups is 1. The van der Waals surface area contributed by atoms with E-state index in [9.17, 15) is 9.90 Å². The fourth-order valence-electron chi connectivity index (χ4n) is 5.27. The molecule has 2 aliphatic carbocycles. The smallest absolute Gasteiger partial charge is 0.267 e. The number of carbonyl (C=O) groups excluding carboxylic acids is 1. The van der Waals surface area contributed by atoms with Gasteiger partial charge in [0.2, 0.25) is 5.91 Å². The SMILES string of the molecule is CC1(C)[C@@H]2CC[C@]13[C@@H](C2)OC(=S)N3C(=O)C[C@@H](O)/C=C/Sc1ccccc1. The predicted molar refractivity (Wildman–Crippen MR) is 110 cm³/mol. The lowest BCUT2D eigenvalue weighted by Crippen LogP contribution is -2.57. The molecule has 4 nitrogen and oxygen atoms in total. The van der Waals surface area contributed by atoms with Gasteiger partial charge >= 0.3 is 0 Å². The van der Waals surface area contributed by atoms with Crippen molar-refractivity contribution in [2.24, 2.45) is 11.3 Å². The third kappa shape index (κ3) is 2.93. The van der Waals surface area contributed by atoms with Crippen LogP contribution >= 0.6 is 24.0 Å². The molecular formula is C21H25NO3S2. The van der Waals surface area contributed by atoms with E-state index in [1.165, 1.54) is 11.8 Å². The van der Waals surface area contributed by atoms with Crippen molar-refractivity contribution in [3.8, 4) is 0 Å². The number of hydrogen-bond acceptors (Lipinski definition) is 5. The van der Waals surface area contributed by atoms with Gasteiger partial charge in [0.15, 0.2) is 0 Å². The Morgan fingerprint density at radius 3 is 2.89 bits per heavy atom. The maximum Gasteiger partial charge on any atom is 0.267 e. The maximum atomic E-state index is 13.1. The van der Waals surface area contributed by atoms with Crippen LogP contribution in [0.4, 0.5) is 0 Å². The van der Waals surface area contributed by atoms with Crippen LogP contribution < -0.4 is 0 Å². The number of amides is 1. The van der Waals surface area contributed by atoms with Gasteiger partial charge in [-0.2, -0.15) is 0 Å². The molecule has 2 saturated carbocycles. The van der Waals surface area contributed by atoms with Crippen molar-refractivity contribution in [1.29, 1.82) is 0 Å². The Morgan fingerprint density at radius 2 is 2.19 bits per heavy atom. The van der Waals surface area contributed by atoms with Crippen LogP contribution in [-0.4, -0.2) is 38.8 Å².